The van der Waals surface area contributed by atoms with E-state index >= 15 is 0 Å². The Kier molecular flexibility index (Phi) is 3.79. The van der Waals surface area contributed by atoms with E-state index in [-0.39, 0.29) is 5.56 Å². The van der Waals surface area contributed by atoms with Gasteiger partial charge in [-0.3, -0.25) is 0 Å². The number of hydrogen-bond donors (Lipinski definition) is 0. The number of halogens is 4. The molecule has 5 heteroatoms. The molecule has 0 aliphatic heterocycles. The highest BCUT2D eigenvalue weighted by atomic mass is 79.9. The molecule has 0 N–H and O–H groups in total. The van der Waals surface area contributed by atoms with Crippen LogP contribution >= 0.6 is 31.9 Å². The fraction of sp³-hybridized carbons (Fsp3) is 0.375. The molecule has 1 heterocycles. The van der Waals surface area contributed by atoms with Crippen LogP contribution in [0.3, 0.4) is 0 Å². The number of aryl methyl sites for hydroxylation is 1. The van der Waals surface area contributed by atoms with Gasteiger partial charge in [0, 0.05) is 10.9 Å². The Balaban J connectivity index is 3.25. The zero-order valence-electron chi connectivity index (χ0n) is 6.82. The highest BCUT2D eigenvalue weighted by Gasteiger charge is 2.15. The highest BCUT2D eigenvalue weighted by Crippen LogP contribution is 2.27. The van der Waals surface area contributed by atoms with Crippen LogP contribution in [-0.2, 0) is 5.33 Å². The lowest BCUT2D eigenvalue weighted by Crippen LogP contribution is -1.98. The normalized spacial score (nSPS) is 10.9. The molecular weight excluding hydrogens is 308 g/mol. The minimum absolute atomic E-state index is 0.00225. The van der Waals surface area contributed by atoms with Crippen molar-refractivity contribution in [3.63, 3.8) is 0 Å². The molecule has 0 amide bonds. The summed E-state index contributed by atoms with van der Waals surface area (Å²) >= 11 is 6.31. The van der Waals surface area contributed by atoms with Crippen LogP contribution in [0.25, 0.3) is 0 Å². The van der Waals surface area contributed by atoms with Gasteiger partial charge in [0.1, 0.15) is 4.60 Å². The van der Waals surface area contributed by atoms with Gasteiger partial charge in [0.15, 0.2) is 0 Å². The summed E-state index contributed by atoms with van der Waals surface area (Å²) in [4.78, 5) is 4.00. The average Bonchev–Trinajstić information content (AvgIpc) is 2.08. The standard InChI is InChI=1S/C8H7Br2F2N/c1-4-2-5(8(11)12)6(3-9)13-7(4)10/h2,8H,3H2,1H3. The molecule has 1 aromatic heterocycles. The third kappa shape index (κ3) is 2.47. The first-order chi connectivity index (χ1) is 6.06. The van der Waals surface area contributed by atoms with Gasteiger partial charge in [-0.1, -0.05) is 15.9 Å². The van der Waals surface area contributed by atoms with Crippen molar-refractivity contribution in [2.45, 2.75) is 18.7 Å². The fourth-order valence-electron chi connectivity index (χ4n) is 0.943. The summed E-state index contributed by atoms with van der Waals surface area (Å²) in [5.74, 6) is 0. The zero-order valence-corrected chi connectivity index (χ0v) is 9.99. The Hall–Kier alpha value is -0.0300. The minimum atomic E-state index is -2.47. The lowest BCUT2D eigenvalue weighted by Gasteiger charge is -2.07. The van der Waals surface area contributed by atoms with E-state index in [0.29, 0.717) is 15.6 Å². The first-order valence-electron chi connectivity index (χ1n) is 3.56. The van der Waals surface area contributed by atoms with Gasteiger partial charge in [-0.15, -0.1) is 0 Å². The quantitative estimate of drug-likeness (QED) is 0.594. The van der Waals surface area contributed by atoms with E-state index in [1.54, 1.807) is 6.92 Å². The topological polar surface area (TPSA) is 12.9 Å². The van der Waals surface area contributed by atoms with E-state index < -0.39 is 6.43 Å². The van der Waals surface area contributed by atoms with Gasteiger partial charge in [0.25, 0.3) is 6.43 Å². The number of aromatic nitrogens is 1. The number of rotatable bonds is 2. The molecule has 0 saturated heterocycles. The number of alkyl halides is 3. The first-order valence-corrected chi connectivity index (χ1v) is 5.47. The average molecular weight is 315 g/mol. The lowest BCUT2D eigenvalue weighted by atomic mass is 10.1. The van der Waals surface area contributed by atoms with E-state index in [0.717, 1.165) is 5.56 Å². The summed E-state index contributed by atoms with van der Waals surface area (Å²) in [7, 11) is 0. The monoisotopic (exact) mass is 313 g/mol. The van der Waals surface area contributed by atoms with Crippen LogP contribution in [-0.4, -0.2) is 4.98 Å². The summed E-state index contributed by atoms with van der Waals surface area (Å²) in [6.45, 7) is 1.74. The van der Waals surface area contributed by atoms with Crippen LogP contribution in [0.4, 0.5) is 8.78 Å². The van der Waals surface area contributed by atoms with Crippen molar-refractivity contribution in [2.24, 2.45) is 0 Å². The van der Waals surface area contributed by atoms with E-state index in [4.69, 9.17) is 0 Å². The van der Waals surface area contributed by atoms with Crippen LogP contribution in [0, 0.1) is 6.92 Å². The minimum Gasteiger partial charge on any atom is -0.244 e. The Morgan fingerprint density at radius 2 is 2.15 bits per heavy atom. The van der Waals surface area contributed by atoms with Gasteiger partial charge in [0.2, 0.25) is 0 Å². The van der Waals surface area contributed by atoms with Gasteiger partial charge >= 0.3 is 0 Å². The summed E-state index contributed by atoms with van der Waals surface area (Å²) in [6, 6.07) is 1.46. The SMILES string of the molecule is Cc1cc(C(F)F)c(CBr)nc1Br. The summed E-state index contributed by atoms with van der Waals surface area (Å²) < 4.78 is 25.5. The molecule has 72 valence electrons. The van der Waals surface area contributed by atoms with Gasteiger partial charge in [-0.25, -0.2) is 13.8 Å². The first kappa shape index (κ1) is 11.0. The molecule has 0 aliphatic rings. The van der Waals surface area contributed by atoms with Crippen molar-refractivity contribution in [3.8, 4) is 0 Å². The van der Waals surface area contributed by atoms with Crippen molar-refractivity contribution in [2.75, 3.05) is 0 Å². The number of nitrogens with zero attached hydrogens (tertiary/aromatic N) is 1. The van der Waals surface area contributed by atoms with Crippen molar-refractivity contribution in [1.29, 1.82) is 0 Å². The Morgan fingerprint density at radius 1 is 1.54 bits per heavy atom. The maximum atomic E-state index is 12.5. The van der Waals surface area contributed by atoms with Crippen molar-refractivity contribution < 1.29 is 8.78 Å². The second kappa shape index (κ2) is 4.46. The molecule has 1 nitrogen and oxygen atoms in total. The predicted molar refractivity (Wildman–Crippen MR) is 54.3 cm³/mol. The second-order valence-electron chi connectivity index (χ2n) is 2.57. The van der Waals surface area contributed by atoms with Gasteiger partial charge in [0.05, 0.1) is 5.69 Å². The predicted octanol–water partition coefficient (Wildman–Crippen LogP) is 3.99. The number of pyridine rings is 1. The summed E-state index contributed by atoms with van der Waals surface area (Å²) in [5, 5.41) is 0.339. The Bertz CT molecular complexity index is 315. The van der Waals surface area contributed by atoms with E-state index in [2.05, 4.69) is 36.8 Å². The highest BCUT2D eigenvalue weighted by molar-refractivity contribution is 9.10. The van der Waals surface area contributed by atoms with Crippen molar-refractivity contribution in [1.82, 2.24) is 4.98 Å². The lowest BCUT2D eigenvalue weighted by molar-refractivity contribution is 0.150. The molecular formula is C8H7Br2F2N. The van der Waals surface area contributed by atoms with Crippen molar-refractivity contribution >= 4 is 31.9 Å². The Morgan fingerprint density at radius 3 is 2.62 bits per heavy atom. The van der Waals surface area contributed by atoms with Crippen molar-refractivity contribution in [3.05, 3.63) is 27.5 Å². The molecule has 0 unspecified atom stereocenters. The molecule has 0 fully saturated rings. The molecule has 0 atom stereocenters. The zero-order chi connectivity index (χ0) is 10.0. The largest absolute Gasteiger partial charge is 0.265 e. The molecule has 1 rings (SSSR count). The molecule has 0 radical (unpaired) electrons. The van der Waals surface area contributed by atoms with E-state index in [1.807, 2.05) is 0 Å². The van der Waals surface area contributed by atoms with Crippen LogP contribution in [0.15, 0.2) is 10.7 Å². The van der Waals surface area contributed by atoms with Crippen LogP contribution in [0.5, 0.6) is 0 Å². The van der Waals surface area contributed by atoms with Gasteiger partial charge in [-0.2, -0.15) is 0 Å². The Labute approximate surface area is 91.8 Å². The van der Waals surface area contributed by atoms with Gasteiger partial charge < -0.3 is 0 Å². The third-order valence-electron chi connectivity index (χ3n) is 1.63. The second-order valence-corrected chi connectivity index (χ2v) is 3.88. The summed E-state index contributed by atoms with van der Waals surface area (Å²) in [5.41, 5.74) is 1.10. The van der Waals surface area contributed by atoms with E-state index in [1.165, 1.54) is 6.07 Å². The fourth-order valence-corrected chi connectivity index (χ4v) is 1.72. The maximum absolute atomic E-state index is 12.5. The molecule has 0 aliphatic carbocycles. The molecule has 0 spiro atoms. The van der Waals surface area contributed by atoms with Gasteiger partial charge in [-0.05, 0) is 34.5 Å². The molecule has 13 heavy (non-hydrogen) atoms. The molecule has 0 bridgehead atoms. The van der Waals surface area contributed by atoms with Crippen LogP contribution in [0.2, 0.25) is 0 Å². The molecule has 0 aromatic carbocycles. The van der Waals surface area contributed by atoms with Crippen LogP contribution < -0.4 is 0 Å². The molecule has 0 saturated carbocycles. The van der Waals surface area contributed by atoms with Crippen LogP contribution in [0.1, 0.15) is 23.2 Å². The van der Waals surface area contributed by atoms with E-state index in [9.17, 15) is 8.78 Å². The molecule has 1 aromatic rings. The smallest absolute Gasteiger partial charge is 0.244 e. The maximum Gasteiger partial charge on any atom is 0.265 e. The third-order valence-corrected chi connectivity index (χ3v) is 2.96. The summed E-state index contributed by atoms with van der Waals surface area (Å²) in [6.07, 6.45) is -2.47. The number of hydrogen-bond acceptors (Lipinski definition) is 1.